The quantitative estimate of drug-likeness (QED) is 0.0822. The van der Waals surface area contributed by atoms with Gasteiger partial charge in [0.05, 0.1) is 7.11 Å². The van der Waals surface area contributed by atoms with E-state index in [0.717, 1.165) is 21.3 Å². The zero-order chi connectivity index (χ0) is 38.9. The molecule has 25 heteroatoms. The molecule has 4 saturated heterocycles. The topological polar surface area (TPSA) is 383 Å². The van der Waals surface area contributed by atoms with Crippen molar-refractivity contribution < 1.29 is 123 Å². The Labute approximate surface area is 291 Å². The predicted molar refractivity (Wildman–Crippen MR) is 150 cm³/mol. The van der Waals surface area contributed by atoms with Gasteiger partial charge in [-0.3, -0.25) is 0 Å². The number of esters is 1. The zero-order valence-corrected chi connectivity index (χ0v) is 27.2. The van der Waals surface area contributed by atoms with E-state index in [1.807, 2.05) is 0 Å². The van der Waals surface area contributed by atoms with Crippen LogP contribution in [-0.4, -0.2) is 224 Å². The van der Waals surface area contributed by atoms with Crippen LogP contribution in [0.3, 0.4) is 0 Å². The minimum absolute atomic E-state index is 0.844. The number of carbonyl (C=O) groups is 4. The lowest BCUT2D eigenvalue weighted by molar-refractivity contribution is -0.379. The first kappa shape index (κ1) is 41.9. The number of hydrogen-bond acceptors (Lipinski definition) is 22. The van der Waals surface area contributed by atoms with Crippen molar-refractivity contribution in [2.24, 2.45) is 0 Å². The molecule has 0 aliphatic carbocycles. The van der Waals surface area contributed by atoms with Crippen LogP contribution in [0.2, 0.25) is 0 Å². The Balaban J connectivity index is 1.54. The van der Waals surface area contributed by atoms with Crippen molar-refractivity contribution in [2.75, 3.05) is 21.3 Å². The molecule has 11 N–H and O–H groups in total. The number of aliphatic hydroxyl groups excluding tert-OH is 8. The van der Waals surface area contributed by atoms with Gasteiger partial charge in [-0.1, -0.05) is 0 Å². The van der Waals surface area contributed by atoms with E-state index in [4.69, 9.17) is 42.6 Å². The number of rotatable bonds is 12. The number of aliphatic hydroxyl groups is 8. The van der Waals surface area contributed by atoms with Gasteiger partial charge in [-0.2, -0.15) is 0 Å². The lowest BCUT2D eigenvalue weighted by Crippen LogP contribution is -2.68. The molecule has 25 nitrogen and oxygen atoms in total. The first-order valence-corrected chi connectivity index (χ1v) is 15.2. The molecular formula is C27H40O25. The van der Waals surface area contributed by atoms with Crippen LogP contribution < -0.4 is 0 Å². The molecule has 4 aliphatic rings. The van der Waals surface area contributed by atoms with Crippen molar-refractivity contribution in [3.63, 3.8) is 0 Å². The molecule has 0 bridgehead atoms. The molecule has 4 aliphatic heterocycles. The van der Waals surface area contributed by atoms with Crippen molar-refractivity contribution in [2.45, 2.75) is 123 Å². The van der Waals surface area contributed by atoms with Crippen molar-refractivity contribution in [3.05, 3.63) is 0 Å². The molecule has 0 aromatic rings. The van der Waals surface area contributed by atoms with E-state index >= 15 is 0 Å². The maximum Gasteiger partial charge on any atom is 0.337 e. The number of carboxylic acids is 3. The second-order valence-corrected chi connectivity index (χ2v) is 11.9. The minimum atomic E-state index is -2.35. The Morgan fingerprint density at radius 1 is 0.404 bits per heavy atom. The summed E-state index contributed by atoms with van der Waals surface area (Å²) in [6.45, 7) is 0. The number of hydrogen-bond donors (Lipinski definition) is 11. The SMILES string of the molecule is COC(=O)C1O[C@H](O[C@@H]2C(O)C(O)[C@@H](OC)O[C@H]2C(=O)O)C(O)[C@H](O)[C@H]1O[C@H]1O[C@@H](C(=O)O)[C@H](O[C@H]2OC(C(=O)O)[C@H](OC)[C@@H](O)C2O)C(O)C1O. The summed E-state index contributed by atoms with van der Waals surface area (Å²) in [6, 6.07) is 0. The molecule has 8 unspecified atom stereocenters. The standard InChI is InChI=1S/C27H40O25/c1-43-12-4(28)9(33)25(50-16(12)20(36)37)46-14-6(30)10(34)26(51-18(14)22(40)41)48-15-7(31)11(35)27(52-19(15)23(42)44-2)47-13-5(29)8(32)24(45-3)49-17(13)21(38)39/h4-19,24-35H,1-3H3,(H,36,37)(H,38,39)(H,40,41)/t4-,5?,6?,7-,8?,9?,10?,11?,12+,13+,14+,15+,16?,17+,18+,19?,24-,25-,26-,27-/m0/s1. The highest BCUT2D eigenvalue weighted by Gasteiger charge is 2.58. The van der Waals surface area contributed by atoms with Crippen LogP contribution in [0.4, 0.5) is 0 Å². The molecule has 0 saturated carbocycles. The van der Waals surface area contributed by atoms with Gasteiger partial charge >= 0.3 is 23.9 Å². The molecule has 4 rings (SSSR count). The second-order valence-electron chi connectivity index (χ2n) is 11.9. The van der Waals surface area contributed by atoms with Crippen LogP contribution in [0.15, 0.2) is 0 Å². The molecule has 0 amide bonds. The van der Waals surface area contributed by atoms with Gasteiger partial charge in [0.25, 0.3) is 0 Å². The lowest BCUT2D eigenvalue weighted by atomic mass is 9.95. The fraction of sp³-hybridized carbons (Fsp3) is 0.852. The number of carboxylic acid groups (broad SMARTS) is 3. The van der Waals surface area contributed by atoms with Gasteiger partial charge in [0.2, 0.25) is 0 Å². The predicted octanol–water partition coefficient (Wildman–Crippen LogP) is -7.98. The summed E-state index contributed by atoms with van der Waals surface area (Å²) < 4.78 is 51.3. The van der Waals surface area contributed by atoms with Crippen molar-refractivity contribution in [3.8, 4) is 0 Å². The second kappa shape index (κ2) is 17.1. The van der Waals surface area contributed by atoms with Crippen molar-refractivity contribution in [1.29, 1.82) is 0 Å². The first-order chi connectivity index (χ1) is 24.4. The van der Waals surface area contributed by atoms with Crippen molar-refractivity contribution >= 4 is 23.9 Å². The summed E-state index contributed by atoms with van der Waals surface area (Å²) in [4.78, 5) is 48.5. The zero-order valence-electron chi connectivity index (χ0n) is 27.2. The molecule has 0 radical (unpaired) electrons. The summed E-state index contributed by atoms with van der Waals surface area (Å²) >= 11 is 0. The van der Waals surface area contributed by atoms with Gasteiger partial charge in [-0.05, 0) is 0 Å². The third kappa shape index (κ3) is 8.15. The Morgan fingerprint density at radius 3 is 1.02 bits per heavy atom. The van der Waals surface area contributed by atoms with E-state index < -0.39 is 147 Å². The van der Waals surface area contributed by atoms with Gasteiger partial charge in [-0.25, -0.2) is 19.2 Å². The Morgan fingerprint density at radius 2 is 0.692 bits per heavy atom. The van der Waals surface area contributed by atoms with Gasteiger partial charge in [0, 0.05) is 14.2 Å². The van der Waals surface area contributed by atoms with Crippen molar-refractivity contribution in [1.82, 2.24) is 0 Å². The number of carbonyl (C=O) groups excluding carboxylic acids is 1. The third-order valence-electron chi connectivity index (χ3n) is 8.72. The first-order valence-electron chi connectivity index (χ1n) is 15.2. The molecule has 298 valence electrons. The van der Waals surface area contributed by atoms with E-state index in [2.05, 4.69) is 4.74 Å². The molecule has 52 heavy (non-hydrogen) atoms. The lowest BCUT2D eigenvalue weighted by Gasteiger charge is -2.48. The van der Waals surface area contributed by atoms with Crippen LogP contribution in [-0.2, 0) is 66.5 Å². The Hall–Kier alpha value is -2.80. The van der Waals surface area contributed by atoms with Crippen LogP contribution in [0, 0.1) is 0 Å². The molecular weight excluding hydrogens is 724 g/mol. The van der Waals surface area contributed by atoms with E-state index in [1.54, 1.807) is 0 Å². The summed E-state index contributed by atoms with van der Waals surface area (Å²) in [5, 5.41) is 114. The highest BCUT2D eigenvalue weighted by Crippen LogP contribution is 2.35. The molecule has 20 atom stereocenters. The molecule has 0 aromatic heterocycles. The van der Waals surface area contributed by atoms with E-state index in [9.17, 15) is 75.3 Å². The Kier molecular flexibility index (Phi) is 13.8. The largest absolute Gasteiger partial charge is 0.479 e. The maximum absolute atomic E-state index is 12.8. The van der Waals surface area contributed by atoms with Gasteiger partial charge in [0.15, 0.2) is 49.6 Å². The third-order valence-corrected chi connectivity index (χ3v) is 8.72. The van der Waals surface area contributed by atoms with Crippen LogP contribution in [0.25, 0.3) is 0 Å². The van der Waals surface area contributed by atoms with Gasteiger partial charge in [-0.15, -0.1) is 0 Å². The van der Waals surface area contributed by atoms with E-state index in [0.29, 0.717) is 0 Å². The highest BCUT2D eigenvalue weighted by atomic mass is 16.8. The fourth-order valence-corrected chi connectivity index (χ4v) is 5.97. The Bertz CT molecular complexity index is 1270. The van der Waals surface area contributed by atoms with Crippen LogP contribution in [0.1, 0.15) is 0 Å². The summed E-state index contributed by atoms with van der Waals surface area (Å²) in [5.74, 6) is -6.67. The number of ether oxygens (including phenoxy) is 10. The monoisotopic (exact) mass is 764 g/mol. The normalized spacial score (nSPS) is 47.0. The van der Waals surface area contributed by atoms with Crippen LogP contribution in [0.5, 0.6) is 0 Å². The summed E-state index contributed by atoms with van der Waals surface area (Å²) in [7, 11) is 2.89. The average Bonchev–Trinajstić information content (AvgIpc) is 3.10. The van der Waals surface area contributed by atoms with Gasteiger partial charge in [0.1, 0.15) is 73.2 Å². The van der Waals surface area contributed by atoms with E-state index in [-0.39, 0.29) is 0 Å². The maximum atomic E-state index is 12.8. The molecule has 4 fully saturated rings. The summed E-state index contributed by atoms with van der Waals surface area (Å²) in [5.41, 5.74) is 0. The highest BCUT2D eigenvalue weighted by molar-refractivity contribution is 5.76. The molecule has 4 heterocycles. The molecule has 0 spiro atoms. The van der Waals surface area contributed by atoms with E-state index in [1.165, 1.54) is 0 Å². The summed E-state index contributed by atoms with van der Waals surface area (Å²) in [6.07, 6.45) is -42.0. The fourth-order valence-electron chi connectivity index (χ4n) is 5.97. The number of methoxy groups -OCH3 is 3. The number of aliphatic carboxylic acids is 3. The van der Waals surface area contributed by atoms with Gasteiger partial charge < -0.3 is 104 Å². The minimum Gasteiger partial charge on any atom is -0.479 e. The average molecular weight is 765 g/mol. The van der Waals surface area contributed by atoms with Crippen LogP contribution >= 0.6 is 0 Å². The molecule has 0 aromatic carbocycles. The smallest absolute Gasteiger partial charge is 0.337 e.